The molecule has 1 aliphatic heterocycles. The summed E-state index contributed by atoms with van der Waals surface area (Å²) in [6.45, 7) is 0. The van der Waals surface area contributed by atoms with Crippen LogP contribution in [0.15, 0.2) is 84.5 Å². The number of fused-ring (bicyclic) bond motifs is 6. The number of hydrogen-bond acceptors (Lipinski definition) is 3. The van der Waals surface area contributed by atoms with Gasteiger partial charge in [-0.3, -0.25) is 4.79 Å². The zero-order valence-electron chi connectivity index (χ0n) is 13.3. The molecule has 3 aliphatic rings. The molecule has 1 spiro atoms. The largest absolute Gasteiger partial charge is 0.445 e. The van der Waals surface area contributed by atoms with Crippen LogP contribution in [-0.2, 0) is 15.1 Å². The van der Waals surface area contributed by atoms with Crippen molar-refractivity contribution in [1.82, 2.24) is 0 Å². The van der Waals surface area contributed by atoms with Crippen molar-refractivity contribution in [2.75, 3.05) is 0 Å². The van der Waals surface area contributed by atoms with Gasteiger partial charge in [-0.1, -0.05) is 78.9 Å². The van der Waals surface area contributed by atoms with Crippen LogP contribution in [0.4, 0.5) is 0 Å². The summed E-state index contributed by atoms with van der Waals surface area (Å²) in [5.74, 6) is -0.633. The predicted octanol–water partition coefficient (Wildman–Crippen LogP) is 3.70. The third-order valence-corrected chi connectivity index (χ3v) is 5.21. The first-order valence-electron chi connectivity index (χ1n) is 8.25. The molecule has 0 saturated carbocycles. The van der Waals surface area contributed by atoms with E-state index in [1.165, 1.54) is 0 Å². The first-order valence-corrected chi connectivity index (χ1v) is 8.25. The van der Waals surface area contributed by atoms with E-state index in [0.29, 0.717) is 16.7 Å². The molecule has 2 aromatic carbocycles. The van der Waals surface area contributed by atoms with E-state index in [2.05, 4.69) is 0 Å². The summed E-state index contributed by atoms with van der Waals surface area (Å²) in [5.41, 5.74) is 2.33. The average molecular weight is 326 g/mol. The third kappa shape index (κ3) is 1.70. The molecule has 0 N–H and O–H groups in total. The van der Waals surface area contributed by atoms with Crippen LogP contribution in [-0.4, -0.2) is 11.8 Å². The highest BCUT2D eigenvalue weighted by Gasteiger charge is 2.57. The summed E-state index contributed by atoms with van der Waals surface area (Å²) < 4.78 is 6.05. The zero-order chi connectivity index (χ0) is 17.0. The topological polar surface area (TPSA) is 43.4 Å². The number of ether oxygens (including phenoxy) is 1. The van der Waals surface area contributed by atoms with E-state index in [-0.39, 0.29) is 17.7 Å². The zero-order valence-corrected chi connectivity index (χ0v) is 13.3. The minimum absolute atomic E-state index is 0.0268. The Morgan fingerprint density at radius 1 is 0.800 bits per heavy atom. The SMILES string of the molecule is O=C1OC2(c3ccccc3C(=O)c3ccccc32)C2C=CC=CC=C12. The van der Waals surface area contributed by atoms with E-state index in [1.54, 1.807) is 0 Å². The lowest BCUT2D eigenvalue weighted by molar-refractivity contribution is -0.145. The highest BCUT2D eigenvalue weighted by atomic mass is 16.6. The molecule has 120 valence electrons. The lowest BCUT2D eigenvalue weighted by atomic mass is 9.67. The molecule has 0 radical (unpaired) electrons. The molecule has 5 rings (SSSR count). The van der Waals surface area contributed by atoms with Gasteiger partial charge in [-0.2, -0.15) is 0 Å². The maximum Gasteiger partial charge on any atom is 0.336 e. The van der Waals surface area contributed by atoms with Crippen LogP contribution < -0.4 is 0 Å². The van der Waals surface area contributed by atoms with Gasteiger partial charge in [0, 0.05) is 27.8 Å². The molecule has 0 amide bonds. The van der Waals surface area contributed by atoms with Crippen molar-refractivity contribution in [3.8, 4) is 0 Å². The predicted molar refractivity (Wildman–Crippen MR) is 93.0 cm³/mol. The van der Waals surface area contributed by atoms with Crippen molar-refractivity contribution in [3.63, 3.8) is 0 Å². The number of allylic oxidation sites excluding steroid dienone is 4. The summed E-state index contributed by atoms with van der Waals surface area (Å²) >= 11 is 0. The molecule has 2 aromatic rings. The fraction of sp³-hybridized carbons (Fsp3) is 0.0909. The number of carbonyl (C=O) groups is 2. The minimum Gasteiger partial charge on any atom is -0.445 e. The van der Waals surface area contributed by atoms with Gasteiger partial charge in [-0.15, -0.1) is 0 Å². The molecule has 1 saturated heterocycles. The monoisotopic (exact) mass is 326 g/mol. The number of ketones is 1. The highest BCUT2D eigenvalue weighted by Crippen LogP contribution is 2.54. The lowest BCUT2D eigenvalue weighted by Crippen LogP contribution is -2.40. The molecule has 1 fully saturated rings. The van der Waals surface area contributed by atoms with Crippen molar-refractivity contribution in [2.45, 2.75) is 5.60 Å². The molecule has 1 atom stereocenters. The number of benzene rings is 2. The first kappa shape index (κ1) is 14.2. The van der Waals surface area contributed by atoms with Crippen LogP contribution in [0.2, 0.25) is 0 Å². The van der Waals surface area contributed by atoms with Gasteiger partial charge in [-0.25, -0.2) is 4.79 Å². The van der Waals surface area contributed by atoms with E-state index in [0.717, 1.165) is 11.1 Å². The molecule has 1 heterocycles. The molecule has 0 bridgehead atoms. The summed E-state index contributed by atoms with van der Waals surface area (Å²) in [6, 6.07) is 14.9. The standard InChI is InChI=1S/C22H14O3/c23-20-14-8-4-6-12-17(14)22(18-13-7-5-9-15(18)20)19-11-3-1-2-10-16(19)21(24)25-22/h1-13,19H. The second-order valence-corrected chi connectivity index (χ2v) is 6.41. The second-order valence-electron chi connectivity index (χ2n) is 6.41. The normalized spacial score (nSPS) is 21.9. The Morgan fingerprint density at radius 3 is 2.12 bits per heavy atom. The van der Waals surface area contributed by atoms with Crippen LogP contribution >= 0.6 is 0 Å². The number of hydrogen-bond donors (Lipinski definition) is 0. The Balaban J connectivity index is 1.90. The Labute approximate surface area is 144 Å². The minimum atomic E-state index is -0.994. The van der Waals surface area contributed by atoms with Crippen molar-refractivity contribution in [2.24, 2.45) is 5.92 Å². The Hall–Kier alpha value is -3.20. The molecule has 0 aromatic heterocycles. The van der Waals surface area contributed by atoms with Gasteiger partial charge in [0.25, 0.3) is 0 Å². The summed E-state index contributed by atoms with van der Waals surface area (Å²) in [5, 5.41) is 0. The Kier molecular flexibility index (Phi) is 2.78. The van der Waals surface area contributed by atoms with Gasteiger partial charge >= 0.3 is 5.97 Å². The van der Waals surface area contributed by atoms with Gasteiger partial charge in [0.1, 0.15) is 0 Å². The third-order valence-electron chi connectivity index (χ3n) is 5.21. The maximum absolute atomic E-state index is 13.0. The maximum atomic E-state index is 13.0. The van der Waals surface area contributed by atoms with Crippen LogP contribution in [0, 0.1) is 5.92 Å². The van der Waals surface area contributed by atoms with Crippen molar-refractivity contribution in [1.29, 1.82) is 0 Å². The summed E-state index contributed by atoms with van der Waals surface area (Å²) in [6.07, 6.45) is 9.47. The van der Waals surface area contributed by atoms with Crippen molar-refractivity contribution in [3.05, 3.63) is 107 Å². The van der Waals surface area contributed by atoms with Gasteiger partial charge in [-0.05, 0) is 0 Å². The van der Waals surface area contributed by atoms with E-state index in [9.17, 15) is 9.59 Å². The van der Waals surface area contributed by atoms with Crippen LogP contribution in [0.1, 0.15) is 27.0 Å². The first-order chi connectivity index (χ1) is 12.2. The van der Waals surface area contributed by atoms with Gasteiger partial charge in [0.05, 0.1) is 5.92 Å². The van der Waals surface area contributed by atoms with Crippen LogP contribution in [0.25, 0.3) is 0 Å². The smallest absolute Gasteiger partial charge is 0.336 e. The van der Waals surface area contributed by atoms with Gasteiger partial charge < -0.3 is 4.74 Å². The Morgan fingerprint density at radius 2 is 1.44 bits per heavy atom. The average Bonchev–Trinajstić information content (AvgIpc) is 2.81. The molecule has 3 heteroatoms. The van der Waals surface area contributed by atoms with Crippen molar-refractivity contribution < 1.29 is 14.3 Å². The van der Waals surface area contributed by atoms with E-state index >= 15 is 0 Å². The molecule has 1 unspecified atom stereocenters. The van der Waals surface area contributed by atoms with Crippen LogP contribution in [0.5, 0.6) is 0 Å². The van der Waals surface area contributed by atoms with E-state index < -0.39 is 5.60 Å². The fourth-order valence-corrected chi connectivity index (χ4v) is 4.17. The van der Waals surface area contributed by atoms with Crippen LogP contribution in [0.3, 0.4) is 0 Å². The molecule has 2 aliphatic carbocycles. The van der Waals surface area contributed by atoms with Crippen molar-refractivity contribution >= 4 is 11.8 Å². The fourth-order valence-electron chi connectivity index (χ4n) is 4.17. The quantitative estimate of drug-likeness (QED) is 0.693. The Bertz CT molecular complexity index is 974. The van der Waals surface area contributed by atoms with E-state index in [1.807, 2.05) is 78.9 Å². The highest BCUT2D eigenvalue weighted by molar-refractivity contribution is 6.13. The summed E-state index contributed by atoms with van der Waals surface area (Å²) in [4.78, 5) is 25.7. The molecular formula is C22H14O3. The number of carbonyl (C=O) groups excluding carboxylic acids is 2. The lowest BCUT2D eigenvalue weighted by Gasteiger charge is -2.38. The molecule has 3 nitrogen and oxygen atoms in total. The van der Waals surface area contributed by atoms with Gasteiger partial charge in [0.15, 0.2) is 11.4 Å². The van der Waals surface area contributed by atoms with E-state index in [4.69, 9.17) is 4.74 Å². The number of rotatable bonds is 0. The molecule has 25 heavy (non-hydrogen) atoms. The summed E-state index contributed by atoms with van der Waals surface area (Å²) in [7, 11) is 0. The second kappa shape index (κ2) is 4.90. The molecular weight excluding hydrogens is 312 g/mol. The van der Waals surface area contributed by atoms with Gasteiger partial charge in [0.2, 0.25) is 0 Å². The number of esters is 1.